The molecule has 32 heavy (non-hydrogen) atoms. The molecule has 2 aromatic carbocycles. The maximum Gasteiger partial charge on any atom is 0.306 e. The Morgan fingerprint density at radius 1 is 1.12 bits per heavy atom. The van der Waals surface area contributed by atoms with Gasteiger partial charge in [0.2, 0.25) is 5.78 Å². The lowest BCUT2D eigenvalue weighted by atomic mass is 9.97. The lowest BCUT2D eigenvalue weighted by molar-refractivity contribution is -0.146. The zero-order chi connectivity index (χ0) is 22.7. The number of amides is 1. The predicted octanol–water partition coefficient (Wildman–Crippen LogP) is 3.01. The molecule has 0 atom stereocenters. The van der Waals surface area contributed by atoms with Crippen LogP contribution in [0.1, 0.15) is 28.8 Å². The number of carbonyl (C=O) groups excluding carboxylic acids is 2. The standard InChI is InChI=1S/C24H23NO7/c1-30-17-4-2-15(3-5-17)12-21-23(27)19-7-6-18(13-20(19)32-21)31-14-22(26)25-10-8-16(9-11-25)24(28)29/h2-7,12-13,16H,8-11,14H2,1H3,(H,28,29)/b21-12-. The molecule has 0 aromatic heterocycles. The maximum atomic E-state index is 12.6. The third-order valence-corrected chi connectivity index (χ3v) is 5.61. The first-order valence-electron chi connectivity index (χ1n) is 10.3. The number of hydrogen-bond acceptors (Lipinski definition) is 6. The van der Waals surface area contributed by atoms with Gasteiger partial charge in [-0.1, -0.05) is 12.1 Å². The number of ether oxygens (including phenoxy) is 3. The van der Waals surface area contributed by atoms with E-state index >= 15 is 0 Å². The van der Waals surface area contributed by atoms with Crippen LogP contribution in [0.3, 0.4) is 0 Å². The number of piperidine rings is 1. The number of carboxylic acid groups (broad SMARTS) is 1. The highest BCUT2D eigenvalue weighted by molar-refractivity contribution is 6.14. The molecule has 0 bridgehead atoms. The molecule has 4 rings (SSSR count). The Hall–Kier alpha value is -3.81. The smallest absolute Gasteiger partial charge is 0.306 e. The molecule has 1 saturated heterocycles. The van der Waals surface area contributed by atoms with Gasteiger partial charge in [-0.25, -0.2) is 0 Å². The lowest BCUT2D eigenvalue weighted by Crippen LogP contribution is -2.42. The molecule has 2 aromatic rings. The third-order valence-electron chi connectivity index (χ3n) is 5.61. The lowest BCUT2D eigenvalue weighted by Gasteiger charge is -2.30. The van der Waals surface area contributed by atoms with Crippen LogP contribution < -0.4 is 14.2 Å². The number of nitrogens with zero attached hydrogens (tertiary/aromatic N) is 1. The van der Waals surface area contributed by atoms with Crippen LogP contribution in [0.15, 0.2) is 48.2 Å². The molecule has 8 heteroatoms. The molecule has 0 saturated carbocycles. The van der Waals surface area contributed by atoms with Crippen molar-refractivity contribution in [1.82, 2.24) is 4.90 Å². The monoisotopic (exact) mass is 437 g/mol. The fourth-order valence-electron chi connectivity index (χ4n) is 3.72. The Morgan fingerprint density at radius 2 is 1.81 bits per heavy atom. The SMILES string of the molecule is COc1ccc(/C=C2\Oc3cc(OCC(=O)N4CCC(C(=O)O)CC4)ccc3C2=O)cc1. The quantitative estimate of drug-likeness (QED) is 0.693. The summed E-state index contributed by atoms with van der Waals surface area (Å²) < 4.78 is 16.5. The van der Waals surface area contributed by atoms with Crippen molar-refractivity contribution in [3.8, 4) is 17.2 Å². The number of aliphatic carboxylic acids is 1. The van der Waals surface area contributed by atoms with Gasteiger partial charge >= 0.3 is 5.97 Å². The number of Topliss-reactive ketones (excluding diaryl/α,β-unsaturated/α-hetero) is 1. The van der Waals surface area contributed by atoms with E-state index in [1.165, 1.54) is 0 Å². The van der Waals surface area contributed by atoms with Crippen molar-refractivity contribution in [3.63, 3.8) is 0 Å². The number of allylic oxidation sites excluding steroid dienone is 1. The average molecular weight is 437 g/mol. The number of fused-ring (bicyclic) bond motifs is 1. The van der Waals surface area contributed by atoms with Crippen LogP contribution in [0.4, 0.5) is 0 Å². The van der Waals surface area contributed by atoms with E-state index in [2.05, 4.69) is 0 Å². The fraction of sp³-hybridized carbons (Fsp3) is 0.292. The van der Waals surface area contributed by atoms with Gasteiger partial charge in [0.05, 0.1) is 18.6 Å². The summed E-state index contributed by atoms with van der Waals surface area (Å²) in [4.78, 5) is 37.7. The van der Waals surface area contributed by atoms with E-state index < -0.39 is 11.9 Å². The minimum atomic E-state index is -0.818. The second-order valence-electron chi connectivity index (χ2n) is 7.65. The van der Waals surface area contributed by atoms with Gasteiger partial charge in [-0.05, 0) is 48.7 Å². The molecular weight excluding hydrogens is 414 g/mol. The van der Waals surface area contributed by atoms with Crippen LogP contribution in [0.5, 0.6) is 17.2 Å². The maximum absolute atomic E-state index is 12.6. The average Bonchev–Trinajstić information content (AvgIpc) is 3.12. The van der Waals surface area contributed by atoms with E-state index in [0.717, 1.165) is 11.3 Å². The third kappa shape index (κ3) is 4.59. The summed E-state index contributed by atoms with van der Waals surface area (Å²) in [6.07, 6.45) is 2.55. The minimum Gasteiger partial charge on any atom is -0.497 e. The molecule has 0 unspecified atom stereocenters. The van der Waals surface area contributed by atoms with Crippen LogP contribution in [0.2, 0.25) is 0 Å². The van der Waals surface area contributed by atoms with Crippen LogP contribution >= 0.6 is 0 Å². The topological polar surface area (TPSA) is 102 Å². The number of ketones is 1. The molecule has 1 amide bonds. The first-order chi connectivity index (χ1) is 15.4. The van der Waals surface area contributed by atoms with Gasteiger partial charge < -0.3 is 24.2 Å². The van der Waals surface area contributed by atoms with Gasteiger partial charge in [0, 0.05) is 19.2 Å². The zero-order valence-electron chi connectivity index (χ0n) is 17.6. The number of carbonyl (C=O) groups is 3. The highest BCUT2D eigenvalue weighted by atomic mass is 16.5. The predicted molar refractivity (Wildman–Crippen MR) is 115 cm³/mol. The summed E-state index contributed by atoms with van der Waals surface area (Å²) in [7, 11) is 1.59. The number of methoxy groups -OCH3 is 1. The van der Waals surface area contributed by atoms with E-state index in [0.29, 0.717) is 43.0 Å². The highest BCUT2D eigenvalue weighted by Gasteiger charge is 2.29. The molecule has 0 radical (unpaired) electrons. The summed E-state index contributed by atoms with van der Waals surface area (Å²) in [6, 6.07) is 12.1. The van der Waals surface area contributed by atoms with Crippen molar-refractivity contribution in [1.29, 1.82) is 0 Å². The Bertz CT molecular complexity index is 1070. The van der Waals surface area contributed by atoms with Gasteiger partial charge in [0.25, 0.3) is 5.91 Å². The molecular formula is C24H23NO7. The highest BCUT2D eigenvalue weighted by Crippen LogP contribution is 2.35. The van der Waals surface area contributed by atoms with Crippen molar-refractivity contribution >= 4 is 23.7 Å². The molecule has 0 aliphatic carbocycles. The first kappa shape index (κ1) is 21.4. The van der Waals surface area contributed by atoms with E-state index in [4.69, 9.17) is 19.3 Å². The van der Waals surface area contributed by atoms with Crippen molar-refractivity contribution in [2.24, 2.45) is 5.92 Å². The van der Waals surface area contributed by atoms with E-state index in [9.17, 15) is 14.4 Å². The summed E-state index contributed by atoms with van der Waals surface area (Å²) >= 11 is 0. The largest absolute Gasteiger partial charge is 0.497 e. The van der Waals surface area contributed by atoms with E-state index in [-0.39, 0.29) is 24.1 Å². The minimum absolute atomic E-state index is 0.168. The molecule has 2 aliphatic heterocycles. The van der Waals surface area contributed by atoms with Gasteiger partial charge in [0.15, 0.2) is 12.4 Å². The molecule has 2 heterocycles. The van der Waals surface area contributed by atoms with Crippen LogP contribution in [-0.2, 0) is 9.59 Å². The van der Waals surface area contributed by atoms with Crippen molar-refractivity contribution in [2.75, 3.05) is 26.8 Å². The van der Waals surface area contributed by atoms with E-state index in [1.807, 2.05) is 12.1 Å². The summed E-state index contributed by atoms with van der Waals surface area (Å²) in [5.74, 6) is 0.0774. The molecule has 8 nitrogen and oxygen atoms in total. The number of hydrogen-bond donors (Lipinski definition) is 1. The number of benzene rings is 2. The van der Waals surface area contributed by atoms with Crippen molar-refractivity contribution in [2.45, 2.75) is 12.8 Å². The molecule has 166 valence electrons. The molecule has 2 aliphatic rings. The Balaban J connectivity index is 1.36. The Kier molecular flexibility index (Phi) is 6.11. The van der Waals surface area contributed by atoms with Crippen molar-refractivity contribution in [3.05, 3.63) is 59.4 Å². The fourth-order valence-corrected chi connectivity index (χ4v) is 3.72. The van der Waals surface area contributed by atoms with Gasteiger partial charge in [-0.3, -0.25) is 14.4 Å². The number of likely N-dealkylation sites (tertiary alicyclic amines) is 1. The molecule has 1 fully saturated rings. The Labute approximate surface area is 185 Å². The van der Waals surface area contributed by atoms with Gasteiger partial charge in [-0.2, -0.15) is 0 Å². The van der Waals surface area contributed by atoms with Crippen LogP contribution in [0, 0.1) is 5.92 Å². The zero-order valence-corrected chi connectivity index (χ0v) is 17.6. The second kappa shape index (κ2) is 9.13. The molecule has 1 N–H and O–H groups in total. The summed E-state index contributed by atoms with van der Waals surface area (Å²) in [5, 5.41) is 9.06. The van der Waals surface area contributed by atoms with Gasteiger partial charge in [-0.15, -0.1) is 0 Å². The van der Waals surface area contributed by atoms with Crippen LogP contribution in [0.25, 0.3) is 6.08 Å². The Morgan fingerprint density at radius 3 is 2.47 bits per heavy atom. The number of rotatable bonds is 6. The second-order valence-corrected chi connectivity index (χ2v) is 7.65. The first-order valence-corrected chi connectivity index (χ1v) is 10.3. The molecule has 0 spiro atoms. The van der Waals surface area contributed by atoms with Crippen LogP contribution in [-0.4, -0.2) is 54.5 Å². The van der Waals surface area contributed by atoms with Gasteiger partial charge in [0.1, 0.15) is 17.2 Å². The van der Waals surface area contributed by atoms with E-state index in [1.54, 1.807) is 48.4 Å². The summed E-state index contributed by atoms with van der Waals surface area (Å²) in [5.41, 5.74) is 1.23. The number of carboxylic acids is 1. The van der Waals surface area contributed by atoms with Crippen molar-refractivity contribution < 1.29 is 33.7 Å². The summed E-state index contributed by atoms with van der Waals surface area (Å²) in [6.45, 7) is 0.639. The normalized spacial score (nSPS) is 17.1.